The number of nitrogens with one attached hydrogen (secondary N) is 1. The maximum Gasteiger partial charge on any atom is 0.256 e. The highest BCUT2D eigenvalue weighted by Crippen LogP contribution is 2.11. The van der Waals surface area contributed by atoms with Crippen molar-refractivity contribution in [3.8, 4) is 6.07 Å². The highest BCUT2D eigenvalue weighted by molar-refractivity contribution is 6.03. The van der Waals surface area contributed by atoms with Crippen molar-refractivity contribution in [3.05, 3.63) is 83.3 Å². The van der Waals surface area contributed by atoms with Gasteiger partial charge in [0.15, 0.2) is 5.82 Å². The monoisotopic (exact) mass is 320 g/mol. The molecule has 0 spiro atoms. The van der Waals surface area contributed by atoms with Crippen LogP contribution in [-0.4, -0.2) is 15.7 Å². The number of anilines is 1. The number of amides is 1. The zero-order valence-corrected chi connectivity index (χ0v) is 12.6. The van der Waals surface area contributed by atoms with E-state index in [4.69, 9.17) is 5.26 Å². The van der Waals surface area contributed by atoms with Gasteiger partial charge in [-0.05, 0) is 24.3 Å². The fourth-order valence-corrected chi connectivity index (χ4v) is 2.24. The number of carbonyl (C=O) groups excluding carboxylic acids is 1. The van der Waals surface area contributed by atoms with Crippen LogP contribution in [0.25, 0.3) is 0 Å². The zero-order chi connectivity index (χ0) is 16.9. The van der Waals surface area contributed by atoms with Gasteiger partial charge >= 0.3 is 0 Å². The van der Waals surface area contributed by atoms with Gasteiger partial charge in [0, 0.05) is 23.4 Å². The lowest BCUT2D eigenvalue weighted by Crippen LogP contribution is -2.13. The maximum atomic E-state index is 13.6. The molecule has 6 heteroatoms. The summed E-state index contributed by atoms with van der Waals surface area (Å²) in [5.41, 5.74) is 1.30. The number of nitrogens with zero attached hydrogens (tertiary/aromatic N) is 3. The standard InChI is InChI=1S/C18H13FN4O/c19-16-7-2-1-5-15(16)12-23-9-8-17(22-23)21-18(24)14-6-3-4-13(10-14)11-20/h1-10H,12H2,(H,21,22,24). The molecule has 0 radical (unpaired) electrons. The first-order valence-electron chi connectivity index (χ1n) is 7.24. The highest BCUT2D eigenvalue weighted by atomic mass is 19.1. The summed E-state index contributed by atoms with van der Waals surface area (Å²) < 4.78 is 15.2. The van der Waals surface area contributed by atoms with Crippen molar-refractivity contribution in [1.29, 1.82) is 5.26 Å². The molecule has 0 atom stereocenters. The molecule has 0 aliphatic carbocycles. The molecule has 1 amide bonds. The van der Waals surface area contributed by atoms with Gasteiger partial charge in [0.05, 0.1) is 18.2 Å². The molecule has 0 bridgehead atoms. The summed E-state index contributed by atoms with van der Waals surface area (Å²) in [5, 5.41) is 15.7. The van der Waals surface area contributed by atoms with E-state index in [9.17, 15) is 9.18 Å². The van der Waals surface area contributed by atoms with Crippen LogP contribution in [0.3, 0.4) is 0 Å². The quantitative estimate of drug-likeness (QED) is 0.802. The number of benzene rings is 2. The molecule has 5 nitrogen and oxygen atoms in total. The molecule has 0 aliphatic rings. The molecule has 118 valence electrons. The summed E-state index contributed by atoms with van der Waals surface area (Å²) >= 11 is 0. The Kier molecular flexibility index (Phi) is 4.34. The average molecular weight is 320 g/mol. The summed E-state index contributed by atoms with van der Waals surface area (Å²) in [4.78, 5) is 12.2. The van der Waals surface area contributed by atoms with Crippen LogP contribution < -0.4 is 5.32 Å². The molecule has 0 aliphatic heterocycles. The maximum absolute atomic E-state index is 13.6. The summed E-state index contributed by atoms with van der Waals surface area (Å²) in [6.45, 7) is 0.270. The number of hydrogen-bond acceptors (Lipinski definition) is 3. The van der Waals surface area contributed by atoms with Crippen LogP contribution in [0, 0.1) is 17.1 Å². The summed E-state index contributed by atoms with van der Waals surface area (Å²) in [5.74, 6) is -0.297. The van der Waals surface area contributed by atoms with E-state index in [1.807, 2.05) is 6.07 Å². The van der Waals surface area contributed by atoms with Crippen molar-refractivity contribution in [2.24, 2.45) is 0 Å². The molecule has 2 aromatic carbocycles. The Balaban J connectivity index is 1.71. The van der Waals surface area contributed by atoms with Crippen LogP contribution >= 0.6 is 0 Å². The van der Waals surface area contributed by atoms with Crippen LogP contribution in [0.15, 0.2) is 60.8 Å². The Morgan fingerprint density at radius 3 is 2.83 bits per heavy atom. The number of aromatic nitrogens is 2. The van der Waals surface area contributed by atoms with Crippen LogP contribution in [0.1, 0.15) is 21.5 Å². The number of rotatable bonds is 4. The summed E-state index contributed by atoms with van der Waals surface area (Å²) in [7, 11) is 0. The SMILES string of the molecule is N#Cc1cccc(C(=O)Nc2ccn(Cc3ccccc3F)n2)c1. The Labute approximate surface area is 138 Å². The zero-order valence-electron chi connectivity index (χ0n) is 12.6. The van der Waals surface area contributed by atoms with Gasteiger partial charge in [0.25, 0.3) is 5.91 Å². The van der Waals surface area contributed by atoms with Crippen molar-refractivity contribution >= 4 is 11.7 Å². The highest BCUT2D eigenvalue weighted by Gasteiger charge is 2.09. The Morgan fingerprint density at radius 1 is 1.21 bits per heavy atom. The second kappa shape index (κ2) is 6.75. The summed E-state index contributed by atoms with van der Waals surface area (Å²) in [6.07, 6.45) is 1.66. The molecule has 0 saturated heterocycles. The third kappa shape index (κ3) is 3.47. The number of hydrogen-bond donors (Lipinski definition) is 1. The number of carbonyl (C=O) groups is 1. The second-order valence-electron chi connectivity index (χ2n) is 5.14. The molecule has 3 aromatic rings. The predicted molar refractivity (Wildman–Crippen MR) is 86.8 cm³/mol. The molecule has 3 rings (SSSR count). The largest absolute Gasteiger partial charge is 0.305 e. The fourth-order valence-electron chi connectivity index (χ4n) is 2.24. The lowest BCUT2D eigenvalue weighted by Gasteiger charge is -2.04. The normalized spacial score (nSPS) is 10.2. The van der Waals surface area contributed by atoms with Gasteiger partial charge in [-0.3, -0.25) is 9.48 Å². The van der Waals surface area contributed by atoms with E-state index in [1.165, 1.54) is 12.1 Å². The second-order valence-corrected chi connectivity index (χ2v) is 5.14. The van der Waals surface area contributed by atoms with Gasteiger partial charge in [0.1, 0.15) is 5.82 Å². The number of halogens is 1. The lowest BCUT2D eigenvalue weighted by molar-refractivity contribution is 0.102. The molecule has 1 aromatic heterocycles. The molecule has 0 fully saturated rings. The minimum absolute atomic E-state index is 0.270. The van der Waals surface area contributed by atoms with Gasteiger partial charge in [-0.15, -0.1) is 0 Å². The first-order valence-corrected chi connectivity index (χ1v) is 7.24. The minimum Gasteiger partial charge on any atom is -0.305 e. The molecule has 0 saturated carbocycles. The van der Waals surface area contributed by atoms with E-state index in [0.29, 0.717) is 22.5 Å². The van der Waals surface area contributed by atoms with Crippen LogP contribution in [0.2, 0.25) is 0 Å². The molecule has 24 heavy (non-hydrogen) atoms. The minimum atomic E-state index is -0.358. The fraction of sp³-hybridized carbons (Fsp3) is 0.0556. The topological polar surface area (TPSA) is 70.7 Å². The molecule has 0 unspecified atom stereocenters. The Morgan fingerprint density at radius 2 is 2.04 bits per heavy atom. The van der Waals surface area contributed by atoms with E-state index >= 15 is 0 Å². The first kappa shape index (κ1) is 15.4. The van der Waals surface area contributed by atoms with Crippen LogP contribution in [-0.2, 0) is 6.54 Å². The third-order valence-electron chi connectivity index (χ3n) is 3.43. The first-order chi connectivity index (χ1) is 11.7. The molecular weight excluding hydrogens is 307 g/mol. The van der Waals surface area contributed by atoms with Crippen molar-refractivity contribution in [1.82, 2.24) is 9.78 Å². The summed E-state index contributed by atoms with van der Waals surface area (Å²) in [6, 6.07) is 16.5. The van der Waals surface area contributed by atoms with Gasteiger partial charge in [-0.2, -0.15) is 10.4 Å². The lowest BCUT2D eigenvalue weighted by atomic mass is 10.1. The average Bonchev–Trinajstić information content (AvgIpc) is 3.04. The molecule has 1 N–H and O–H groups in total. The van der Waals surface area contributed by atoms with Crippen molar-refractivity contribution < 1.29 is 9.18 Å². The van der Waals surface area contributed by atoms with Gasteiger partial charge in [-0.25, -0.2) is 4.39 Å². The van der Waals surface area contributed by atoms with Gasteiger partial charge < -0.3 is 5.32 Å². The van der Waals surface area contributed by atoms with Crippen molar-refractivity contribution in [2.45, 2.75) is 6.54 Å². The van der Waals surface area contributed by atoms with Crippen LogP contribution in [0.4, 0.5) is 10.2 Å². The van der Waals surface area contributed by atoms with Gasteiger partial charge in [-0.1, -0.05) is 24.3 Å². The van der Waals surface area contributed by atoms with E-state index in [2.05, 4.69) is 10.4 Å². The van der Waals surface area contributed by atoms with E-state index < -0.39 is 0 Å². The Bertz CT molecular complexity index is 927. The van der Waals surface area contributed by atoms with Crippen molar-refractivity contribution in [2.75, 3.05) is 5.32 Å². The molecular formula is C18H13FN4O. The van der Waals surface area contributed by atoms with Gasteiger partial charge in [0.2, 0.25) is 0 Å². The third-order valence-corrected chi connectivity index (χ3v) is 3.43. The van der Waals surface area contributed by atoms with E-state index in [-0.39, 0.29) is 18.3 Å². The molecule has 1 heterocycles. The van der Waals surface area contributed by atoms with Crippen molar-refractivity contribution in [3.63, 3.8) is 0 Å². The smallest absolute Gasteiger partial charge is 0.256 e. The van der Waals surface area contributed by atoms with E-state index in [1.54, 1.807) is 53.3 Å². The van der Waals surface area contributed by atoms with Crippen LogP contribution in [0.5, 0.6) is 0 Å². The Hall–Kier alpha value is -3.46. The van der Waals surface area contributed by atoms with E-state index in [0.717, 1.165) is 0 Å². The number of nitriles is 1. The predicted octanol–water partition coefficient (Wildman–Crippen LogP) is 3.19.